The van der Waals surface area contributed by atoms with Gasteiger partial charge in [0.1, 0.15) is 11.6 Å². The van der Waals surface area contributed by atoms with Crippen LogP contribution in [0.1, 0.15) is 32.3 Å². The van der Waals surface area contributed by atoms with Gasteiger partial charge in [-0.2, -0.15) is 0 Å². The van der Waals surface area contributed by atoms with Crippen molar-refractivity contribution >= 4 is 0 Å². The molecule has 17 heavy (non-hydrogen) atoms. The lowest BCUT2D eigenvalue weighted by Gasteiger charge is -2.19. The van der Waals surface area contributed by atoms with Gasteiger partial charge in [0.15, 0.2) is 0 Å². The highest BCUT2D eigenvalue weighted by Crippen LogP contribution is 2.31. The van der Waals surface area contributed by atoms with Crippen LogP contribution in [0.15, 0.2) is 18.2 Å². The highest BCUT2D eigenvalue weighted by atomic mass is 19.1. The van der Waals surface area contributed by atoms with Gasteiger partial charge in [-0.3, -0.25) is 0 Å². The van der Waals surface area contributed by atoms with E-state index in [9.17, 15) is 8.78 Å². The van der Waals surface area contributed by atoms with Crippen LogP contribution in [0.4, 0.5) is 8.78 Å². The minimum Gasteiger partial charge on any atom is -0.310 e. The van der Waals surface area contributed by atoms with Crippen molar-refractivity contribution in [3.8, 4) is 0 Å². The van der Waals surface area contributed by atoms with E-state index in [-0.39, 0.29) is 11.6 Å². The molecule has 0 saturated heterocycles. The summed E-state index contributed by atoms with van der Waals surface area (Å²) < 4.78 is 26.4. The van der Waals surface area contributed by atoms with Crippen LogP contribution in [0.3, 0.4) is 0 Å². The molecule has 1 aliphatic rings. The molecule has 1 aromatic rings. The largest absolute Gasteiger partial charge is 0.310 e. The molecule has 3 atom stereocenters. The van der Waals surface area contributed by atoms with Crippen LogP contribution in [0.2, 0.25) is 0 Å². The van der Waals surface area contributed by atoms with Crippen LogP contribution in [0, 0.1) is 23.5 Å². The van der Waals surface area contributed by atoms with Crippen molar-refractivity contribution in [3.05, 3.63) is 35.4 Å². The van der Waals surface area contributed by atoms with E-state index in [0.717, 1.165) is 12.5 Å². The van der Waals surface area contributed by atoms with Gasteiger partial charge in [-0.15, -0.1) is 0 Å². The predicted octanol–water partition coefficient (Wildman–Crippen LogP) is 3.49. The molecule has 0 aliphatic heterocycles. The Kier molecular flexibility index (Phi) is 3.77. The van der Waals surface area contributed by atoms with E-state index in [1.165, 1.54) is 18.6 Å². The van der Waals surface area contributed by atoms with Crippen LogP contribution in [0.25, 0.3) is 0 Å². The molecule has 1 saturated carbocycles. The van der Waals surface area contributed by atoms with Gasteiger partial charge in [0.2, 0.25) is 0 Å². The van der Waals surface area contributed by atoms with Crippen LogP contribution in [-0.4, -0.2) is 6.04 Å². The molecule has 0 spiro atoms. The molecule has 1 aromatic carbocycles. The number of hydrogen-bond acceptors (Lipinski definition) is 1. The zero-order valence-corrected chi connectivity index (χ0v) is 10.3. The Morgan fingerprint density at radius 2 is 2.00 bits per heavy atom. The van der Waals surface area contributed by atoms with Crippen LogP contribution in [-0.2, 0) is 6.54 Å². The van der Waals surface area contributed by atoms with Crippen molar-refractivity contribution < 1.29 is 8.78 Å². The molecule has 0 bridgehead atoms. The number of hydrogen-bond donors (Lipinski definition) is 1. The molecule has 0 amide bonds. The topological polar surface area (TPSA) is 12.0 Å². The Balaban J connectivity index is 1.96. The molecule has 1 aliphatic carbocycles. The number of benzene rings is 1. The Hall–Kier alpha value is -0.960. The minimum atomic E-state index is -0.379. The quantitative estimate of drug-likeness (QED) is 0.851. The molecule has 2 rings (SSSR count). The second-order valence-electron chi connectivity index (χ2n) is 5.14. The monoisotopic (exact) mass is 239 g/mol. The zero-order chi connectivity index (χ0) is 12.4. The highest BCUT2D eigenvalue weighted by molar-refractivity contribution is 5.18. The SMILES string of the molecule is CC1CCC(NCc2cc(F)ccc2F)C1C. The fourth-order valence-corrected chi connectivity index (χ4v) is 2.57. The van der Waals surface area contributed by atoms with Gasteiger partial charge in [-0.25, -0.2) is 8.78 Å². The second-order valence-corrected chi connectivity index (χ2v) is 5.14. The first-order chi connectivity index (χ1) is 8.08. The van der Waals surface area contributed by atoms with Crippen LogP contribution < -0.4 is 5.32 Å². The van der Waals surface area contributed by atoms with E-state index < -0.39 is 0 Å². The van der Waals surface area contributed by atoms with Gasteiger partial charge in [0, 0.05) is 18.2 Å². The fourth-order valence-electron chi connectivity index (χ4n) is 2.57. The van der Waals surface area contributed by atoms with E-state index in [0.29, 0.717) is 30.0 Å². The normalized spacial score (nSPS) is 28.6. The number of halogens is 2. The van der Waals surface area contributed by atoms with E-state index >= 15 is 0 Å². The summed E-state index contributed by atoms with van der Waals surface area (Å²) in [4.78, 5) is 0. The number of rotatable bonds is 3. The summed E-state index contributed by atoms with van der Waals surface area (Å²) in [5.41, 5.74) is 0.414. The minimum absolute atomic E-state index is 0.336. The molecule has 0 heterocycles. The van der Waals surface area contributed by atoms with Crippen molar-refractivity contribution in [2.24, 2.45) is 11.8 Å². The second kappa shape index (κ2) is 5.13. The smallest absolute Gasteiger partial charge is 0.127 e. The maximum Gasteiger partial charge on any atom is 0.127 e. The third-order valence-electron chi connectivity index (χ3n) is 4.03. The number of nitrogens with one attached hydrogen (secondary N) is 1. The summed E-state index contributed by atoms with van der Waals surface area (Å²) in [5.74, 6) is 0.602. The van der Waals surface area contributed by atoms with E-state index in [2.05, 4.69) is 19.2 Å². The molecule has 1 N–H and O–H groups in total. The zero-order valence-electron chi connectivity index (χ0n) is 10.3. The molecule has 1 fully saturated rings. The average molecular weight is 239 g/mol. The standard InChI is InChI=1S/C14H19F2N/c1-9-3-6-14(10(9)2)17-8-11-7-12(15)4-5-13(11)16/h4-5,7,9-10,14,17H,3,6,8H2,1-2H3. The van der Waals surface area contributed by atoms with Crippen LogP contribution in [0.5, 0.6) is 0 Å². The lowest BCUT2D eigenvalue weighted by molar-refractivity contribution is 0.367. The summed E-state index contributed by atoms with van der Waals surface area (Å²) >= 11 is 0. The first kappa shape index (κ1) is 12.5. The van der Waals surface area contributed by atoms with Gasteiger partial charge in [0.05, 0.1) is 0 Å². The fraction of sp³-hybridized carbons (Fsp3) is 0.571. The first-order valence-corrected chi connectivity index (χ1v) is 6.25. The Labute approximate surface area is 101 Å². The molecule has 94 valence electrons. The highest BCUT2D eigenvalue weighted by Gasteiger charge is 2.29. The lowest BCUT2D eigenvalue weighted by atomic mass is 9.97. The Bertz CT molecular complexity index is 392. The molecule has 3 unspecified atom stereocenters. The molecule has 0 radical (unpaired) electrons. The maximum atomic E-state index is 13.4. The Morgan fingerprint density at radius 1 is 1.24 bits per heavy atom. The predicted molar refractivity (Wildman–Crippen MR) is 64.5 cm³/mol. The van der Waals surface area contributed by atoms with Gasteiger partial charge >= 0.3 is 0 Å². The van der Waals surface area contributed by atoms with E-state index in [4.69, 9.17) is 0 Å². The summed E-state index contributed by atoms with van der Waals surface area (Å²) in [7, 11) is 0. The van der Waals surface area contributed by atoms with Crippen molar-refractivity contribution in [3.63, 3.8) is 0 Å². The summed E-state index contributed by atoms with van der Waals surface area (Å²) in [6.45, 7) is 4.87. The van der Waals surface area contributed by atoms with E-state index in [1.807, 2.05) is 0 Å². The summed E-state index contributed by atoms with van der Waals surface area (Å²) in [6.07, 6.45) is 2.34. The van der Waals surface area contributed by atoms with Crippen molar-refractivity contribution in [1.82, 2.24) is 5.32 Å². The third-order valence-corrected chi connectivity index (χ3v) is 4.03. The van der Waals surface area contributed by atoms with E-state index in [1.54, 1.807) is 0 Å². The molecule has 3 heteroatoms. The Morgan fingerprint density at radius 3 is 2.65 bits per heavy atom. The average Bonchev–Trinajstić information content (AvgIpc) is 2.62. The maximum absolute atomic E-state index is 13.4. The van der Waals surface area contributed by atoms with Gasteiger partial charge in [-0.1, -0.05) is 13.8 Å². The van der Waals surface area contributed by atoms with Gasteiger partial charge < -0.3 is 5.32 Å². The lowest BCUT2D eigenvalue weighted by Crippen LogP contribution is -2.32. The van der Waals surface area contributed by atoms with Crippen LogP contribution >= 0.6 is 0 Å². The summed E-state index contributed by atoms with van der Waals surface area (Å²) in [5, 5.41) is 3.34. The van der Waals surface area contributed by atoms with Crippen molar-refractivity contribution in [1.29, 1.82) is 0 Å². The van der Waals surface area contributed by atoms with Gasteiger partial charge in [0.25, 0.3) is 0 Å². The molecular weight excluding hydrogens is 220 g/mol. The van der Waals surface area contributed by atoms with Crippen molar-refractivity contribution in [2.75, 3.05) is 0 Å². The van der Waals surface area contributed by atoms with Crippen molar-refractivity contribution in [2.45, 2.75) is 39.3 Å². The first-order valence-electron chi connectivity index (χ1n) is 6.25. The molecule has 0 aromatic heterocycles. The third kappa shape index (κ3) is 2.83. The molecular formula is C14H19F2N. The molecule has 1 nitrogen and oxygen atoms in total. The van der Waals surface area contributed by atoms with Gasteiger partial charge in [-0.05, 0) is 42.9 Å². The summed E-state index contributed by atoms with van der Waals surface area (Å²) in [6, 6.07) is 4.03.